The zero-order valence-electron chi connectivity index (χ0n) is 12.3. The van der Waals surface area contributed by atoms with Gasteiger partial charge in [-0.3, -0.25) is 4.79 Å². The van der Waals surface area contributed by atoms with E-state index in [0.717, 1.165) is 6.92 Å². The van der Waals surface area contributed by atoms with Gasteiger partial charge in [-0.1, -0.05) is 0 Å². The highest BCUT2D eigenvalue weighted by atomic mass is 32.2. The Balaban J connectivity index is 2.91. The van der Waals surface area contributed by atoms with E-state index in [1.807, 2.05) is 0 Å². The summed E-state index contributed by atoms with van der Waals surface area (Å²) < 4.78 is 29.6. The van der Waals surface area contributed by atoms with E-state index in [1.165, 1.54) is 25.3 Å². The molecular weight excluding hydrogens is 330 g/mol. The summed E-state index contributed by atoms with van der Waals surface area (Å²) in [6.45, 7) is 1.80. The van der Waals surface area contributed by atoms with Crippen LogP contribution in [0.5, 0.6) is 0 Å². The number of halogens is 2. The third-order valence-electron chi connectivity index (χ3n) is 2.55. The van der Waals surface area contributed by atoms with Crippen LogP contribution in [0.1, 0.15) is 24.2 Å². The van der Waals surface area contributed by atoms with Crippen LogP contribution in [-0.2, 0) is 9.53 Å². The summed E-state index contributed by atoms with van der Waals surface area (Å²) in [6.07, 6.45) is 1.26. The van der Waals surface area contributed by atoms with Crippen molar-refractivity contribution in [3.05, 3.63) is 35.2 Å². The standard InChI is InChI=1S/C14H14F2N2O4S/c1-7(17)11(8(2)19)10(20)6-22-13(21)9-4-3-5-18-12(9)23-14(15)16/h3-5,14,17,20H,6H2,1-2H3/b11-10-,17-7?. The van der Waals surface area contributed by atoms with Gasteiger partial charge < -0.3 is 15.3 Å². The van der Waals surface area contributed by atoms with Crippen molar-refractivity contribution in [3.8, 4) is 0 Å². The summed E-state index contributed by atoms with van der Waals surface area (Å²) in [5.41, 5.74) is -0.617. The van der Waals surface area contributed by atoms with Crippen molar-refractivity contribution in [1.82, 2.24) is 4.98 Å². The fraction of sp³-hybridized carbons (Fsp3) is 0.286. The fourth-order valence-corrected chi connectivity index (χ4v) is 2.26. The van der Waals surface area contributed by atoms with Gasteiger partial charge in [0.2, 0.25) is 0 Å². The maximum atomic E-state index is 12.4. The van der Waals surface area contributed by atoms with Gasteiger partial charge in [-0.15, -0.1) is 0 Å². The normalized spacial score (nSPS) is 11.9. The number of allylic oxidation sites excluding steroid dienone is 1. The first-order valence-corrected chi connectivity index (χ1v) is 7.17. The molecule has 9 heteroatoms. The summed E-state index contributed by atoms with van der Waals surface area (Å²) >= 11 is 0.0957. The lowest BCUT2D eigenvalue weighted by Gasteiger charge is -2.10. The Morgan fingerprint density at radius 1 is 1.43 bits per heavy atom. The largest absolute Gasteiger partial charge is 0.508 e. The van der Waals surface area contributed by atoms with Crippen LogP contribution in [0.2, 0.25) is 0 Å². The minimum absolute atomic E-state index is 0.0957. The number of nitrogens with zero attached hydrogens (tertiary/aromatic N) is 1. The maximum Gasteiger partial charge on any atom is 0.341 e. The first kappa shape index (κ1) is 18.8. The lowest BCUT2D eigenvalue weighted by Crippen LogP contribution is -2.15. The summed E-state index contributed by atoms with van der Waals surface area (Å²) in [5.74, 6) is -4.86. The zero-order chi connectivity index (χ0) is 17.6. The molecule has 0 bridgehead atoms. The lowest BCUT2D eigenvalue weighted by atomic mass is 10.1. The van der Waals surface area contributed by atoms with Gasteiger partial charge in [-0.25, -0.2) is 9.78 Å². The van der Waals surface area contributed by atoms with Crippen molar-refractivity contribution >= 4 is 29.2 Å². The van der Waals surface area contributed by atoms with E-state index in [2.05, 4.69) is 4.98 Å². The number of Topliss-reactive ketones (excluding diaryl/α,β-unsaturated/α-hetero) is 1. The highest BCUT2D eigenvalue weighted by molar-refractivity contribution is 7.99. The van der Waals surface area contributed by atoms with Crippen LogP contribution < -0.4 is 0 Å². The predicted molar refractivity (Wildman–Crippen MR) is 80.1 cm³/mol. The van der Waals surface area contributed by atoms with Crippen molar-refractivity contribution in [2.24, 2.45) is 0 Å². The number of hydrogen-bond donors (Lipinski definition) is 2. The number of aliphatic hydroxyl groups is 1. The van der Waals surface area contributed by atoms with E-state index in [0.29, 0.717) is 0 Å². The maximum absolute atomic E-state index is 12.4. The Kier molecular flexibility index (Phi) is 6.83. The number of carbonyl (C=O) groups is 2. The Morgan fingerprint density at radius 3 is 2.61 bits per heavy atom. The number of aliphatic hydroxyl groups excluding tert-OH is 1. The molecule has 0 aliphatic carbocycles. The third-order valence-corrected chi connectivity index (χ3v) is 3.27. The van der Waals surface area contributed by atoms with Crippen LogP contribution >= 0.6 is 11.8 Å². The molecule has 1 aromatic rings. The second-order valence-corrected chi connectivity index (χ2v) is 5.29. The first-order chi connectivity index (χ1) is 10.7. The highest BCUT2D eigenvalue weighted by Gasteiger charge is 2.20. The van der Waals surface area contributed by atoms with Crippen LogP contribution in [-0.4, -0.2) is 39.9 Å². The monoisotopic (exact) mass is 344 g/mol. The molecule has 0 amide bonds. The van der Waals surface area contributed by atoms with E-state index in [9.17, 15) is 23.5 Å². The molecule has 23 heavy (non-hydrogen) atoms. The molecule has 0 saturated heterocycles. The van der Waals surface area contributed by atoms with Crippen molar-refractivity contribution in [2.75, 3.05) is 6.61 Å². The smallest absolute Gasteiger partial charge is 0.341 e. The van der Waals surface area contributed by atoms with Gasteiger partial charge in [-0.2, -0.15) is 8.78 Å². The number of carbonyl (C=O) groups excluding carboxylic acids is 2. The summed E-state index contributed by atoms with van der Waals surface area (Å²) in [4.78, 5) is 26.9. The number of aromatic nitrogens is 1. The molecule has 0 atom stereocenters. The molecule has 0 unspecified atom stereocenters. The van der Waals surface area contributed by atoms with Gasteiger partial charge in [0.15, 0.2) is 5.78 Å². The van der Waals surface area contributed by atoms with Crippen LogP contribution in [0.4, 0.5) is 8.78 Å². The van der Waals surface area contributed by atoms with E-state index < -0.39 is 29.9 Å². The summed E-state index contributed by atoms with van der Waals surface area (Å²) in [7, 11) is 0. The minimum atomic E-state index is -2.75. The number of esters is 1. The first-order valence-electron chi connectivity index (χ1n) is 6.29. The van der Waals surface area contributed by atoms with Gasteiger partial charge in [-0.05, 0) is 37.7 Å². The Labute approximate surface area is 135 Å². The van der Waals surface area contributed by atoms with Crippen LogP contribution in [0.25, 0.3) is 0 Å². The number of alkyl halides is 2. The van der Waals surface area contributed by atoms with Crippen molar-refractivity contribution in [1.29, 1.82) is 5.41 Å². The van der Waals surface area contributed by atoms with Crippen molar-refractivity contribution in [3.63, 3.8) is 0 Å². The SMILES string of the molecule is CC(=N)/C(C(C)=O)=C(/O)COC(=O)c1cccnc1SC(F)F. The Morgan fingerprint density at radius 2 is 2.09 bits per heavy atom. The van der Waals surface area contributed by atoms with Crippen LogP contribution in [0.3, 0.4) is 0 Å². The Hall–Kier alpha value is -2.29. The number of hydrogen-bond acceptors (Lipinski definition) is 7. The predicted octanol–water partition coefficient (Wildman–Crippen LogP) is 2.99. The van der Waals surface area contributed by atoms with Gasteiger partial charge in [0.25, 0.3) is 5.76 Å². The minimum Gasteiger partial charge on any atom is -0.508 e. The van der Waals surface area contributed by atoms with E-state index in [-0.39, 0.29) is 33.6 Å². The van der Waals surface area contributed by atoms with Gasteiger partial charge in [0.1, 0.15) is 17.4 Å². The molecule has 2 N–H and O–H groups in total. The summed E-state index contributed by atoms with van der Waals surface area (Å²) in [5, 5.41) is 17.0. The molecule has 1 aromatic heterocycles. The molecule has 0 fully saturated rings. The number of nitrogens with one attached hydrogen (secondary N) is 1. The third kappa shape index (κ3) is 5.44. The highest BCUT2D eigenvalue weighted by Crippen LogP contribution is 2.26. The molecule has 124 valence electrons. The van der Waals surface area contributed by atoms with E-state index >= 15 is 0 Å². The number of pyridine rings is 1. The number of ketones is 1. The van der Waals surface area contributed by atoms with Gasteiger partial charge in [0, 0.05) is 11.9 Å². The van der Waals surface area contributed by atoms with Crippen LogP contribution in [0.15, 0.2) is 34.7 Å². The molecule has 1 heterocycles. The molecule has 0 spiro atoms. The average Bonchev–Trinajstić information content (AvgIpc) is 2.44. The van der Waals surface area contributed by atoms with E-state index in [4.69, 9.17) is 10.1 Å². The van der Waals surface area contributed by atoms with Crippen LogP contribution in [0, 0.1) is 5.41 Å². The van der Waals surface area contributed by atoms with Crippen molar-refractivity contribution < 1.29 is 28.2 Å². The zero-order valence-corrected chi connectivity index (χ0v) is 13.1. The molecular formula is C14H14F2N2O4S. The van der Waals surface area contributed by atoms with Gasteiger partial charge >= 0.3 is 5.97 Å². The lowest BCUT2D eigenvalue weighted by molar-refractivity contribution is -0.113. The summed E-state index contributed by atoms with van der Waals surface area (Å²) in [6, 6.07) is 2.64. The fourth-order valence-electron chi connectivity index (χ4n) is 1.69. The quantitative estimate of drug-likeness (QED) is 0.259. The molecule has 0 aliphatic heterocycles. The molecule has 0 saturated carbocycles. The molecule has 0 aromatic carbocycles. The molecule has 0 radical (unpaired) electrons. The molecule has 0 aliphatic rings. The van der Waals surface area contributed by atoms with Crippen molar-refractivity contribution in [2.45, 2.75) is 24.6 Å². The number of rotatable bonds is 7. The molecule has 1 rings (SSSR count). The molecule has 6 nitrogen and oxygen atoms in total. The van der Waals surface area contributed by atoms with E-state index in [1.54, 1.807) is 0 Å². The second kappa shape index (κ2) is 8.37. The number of thioether (sulfide) groups is 1. The Bertz CT molecular complexity index is 646. The topological polar surface area (TPSA) is 100 Å². The number of ether oxygens (including phenoxy) is 1. The average molecular weight is 344 g/mol. The second-order valence-electron chi connectivity index (χ2n) is 4.31. The van der Waals surface area contributed by atoms with Gasteiger partial charge in [0.05, 0.1) is 11.1 Å².